The normalized spacial score (nSPS) is 11.9. The Morgan fingerprint density at radius 2 is 1.84 bits per heavy atom. The monoisotopic (exact) mass is 652 g/mol. The van der Waals surface area contributed by atoms with Crippen LogP contribution in [0.5, 0.6) is 0 Å². The Bertz CT molecular complexity index is 2060. The fourth-order valence-electron chi connectivity index (χ4n) is 4.74. The van der Waals surface area contributed by atoms with Gasteiger partial charge in [0.15, 0.2) is 11.6 Å². The van der Waals surface area contributed by atoms with Crippen molar-refractivity contribution >= 4 is 81.0 Å². The van der Waals surface area contributed by atoms with E-state index in [1.165, 1.54) is 16.8 Å². The highest BCUT2D eigenvalue weighted by atomic mass is 35.5. The molecule has 43 heavy (non-hydrogen) atoms. The highest BCUT2D eigenvalue weighted by Gasteiger charge is 2.20. The number of anilines is 1. The summed E-state index contributed by atoms with van der Waals surface area (Å²) in [4.78, 5) is 9.66. The van der Waals surface area contributed by atoms with Crippen LogP contribution in [0.2, 0.25) is 15.1 Å². The second kappa shape index (κ2) is 12.0. The number of nitrogens with one attached hydrogen (secondary N) is 1. The van der Waals surface area contributed by atoms with Crippen molar-refractivity contribution in [3.05, 3.63) is 98.2 Å². The van der Waals surface area contributed by atoms with Gasteiger partial charge < -0.3 is 9.88 Å². The number of fused-ring (bicyclic) bond motifs is 3. The third-order valence-corrected chi connectivity index (χ3v) is 8.06. The van der Waals surface area contributed by atoms with Crippen molar-refractivity contribution < 1.29 is 4.39 Å². The van der Waals surface area contributed by atoms with Crippen molar-refractivity contribution in [2.24, 2.45) is 11.0 Å². The van der Waals surface area contributed by atoms with Gasteiger partial charge in [-0.25, -0.2) is 19.0 Å². The molecule has 0 aliphatic rings. The van der Waals surface area contributed by atoms with Crippen molar-refractivity contribution in [3.63, 3.8) is 0 Å². The molecule has 0 aliphatic carbocycles. The third kappa shape index (κ3) is 5.88. The standard InChI is InChI=1S/C30H24Cl3FN8S/c1-17(2)14-40-15-35-26-21-5-3-4-6-24(21)38-28(27(26)40)36-16-41-30(43)42(37-13-18-7-9-20(34)10-8-18)29(39-41)22-11-19(31)12-23(32)25(22)33/h3-13,15,17H,14,16H2,1-2H3,(H,36,38)/b37-13+. The molecule has 0 atom stereocenters. The zero-order valence-corrected chi connectivity index (χ0v) is 26.1. The first-order valence-electron chi connectivity index (χ1n) is 13.3. The first-order chi connectivity index (χ1) is 20.7. The largest absolute Gasteiger partial charge is 0.349 e. The highest BCUT2D eigenvalue weighted by Crippen LogP contribution is 2.36. The van der Waals surface area contributed by atoms with Gasteiger partial charge >= 0.3 is 0 Å². The lowest BCUT2D eigenvalue weighted by molar-refractivity contribution is 0.532. The fraction of sp³-hybridized carbons (Fsp3) is 0.167. The number of para-hydroxylation sites is 1. The molecule has 0 bridgehead atoms. The second-order valence-electron chi connectivity index (χ2n) is 10.3. The van der Waals surface area contributed by atoms with Crippen molar-refractivity contribution in [2.45, 2.75) is 27.1 Å². The number of nitrogens with zero attached hydrogens (tertiary/aromatic N) is 7. The fourth-order valence-corrected chi connectivity index (χ4v) is 5.67. The molecule has 0 radical (unpaired) electrons. The Balaban J connectivity index is 1.44. The van der Waals surface area contributed by atoms with Gasteiger partial charge in [-0.3, -0.25) is 0 Å². The predicted octanol–water partition coefficient (Wildman–Crippen LogP) is 8.69. The summed E-state index contributed by atoms with van der Waals surface area (Å²) in [5.74, 6) is 1.01. The maximum atomic E-state index is 13.5. The third-order valence-electron chi connectivity index (χ3n) is 6.66. The lowest BCUT2D eigenvalue weighted by atomic mass is 10.1. The average Bonchev–Trinajstić information content (AvgIpc) is 3.54. The van der Waals surface area contributed by atoms with E-state index in [1.54, 1.807) is 35.2 Å². The molecule has 0 unspecified atom stereocenters. The van der Waals surface area contributed by atoms with E-state index in [4.69, 9.17) is 62.1 Å². The summed E-state index contributed by atoms with van der Waals surface area (Å²) in [6, 6.07) is 17.0. The Kier molecular flexibility index (Phi) is 8.19. The molecule has 3 aromatic carbocycles. The topological polar surface area (TPSA) is 77.9 Å². The van der Waals surface area contributed by atoms with Crippen LogP contribution in [0.3, 0.4) is 0 Å². The lowest BCUT2D eigenvalue weighted by Crippen LogP contribution is -2.13. The number of hydrogen-bond donors (Lipinski definition) is 1. The maximum Gasteiger partial charge on any atom is 0.221 e. The van der Waals surface area contributed by atoms with Crippen LogP contribution in [0.15, 0.2) is 72.1 Å². The lowest BCUT2D eigenvalue weighted by Gasteiger charge is -2.13. The molecule has 6 rings (SSSR count). The van der Waals surface area contributed by atoms with Gasteiger partial charge in [0.2, 0.25) is 4.77 Å². The minimum Gasteiger partial charge on any atom is -0.349 e. The van der Waals surface area contributed by atoms with Gasteiger partial charge in [0.25, 0.3) is 0 Å². The summed E-state index contributed by atoms with van der Waals surface area (Å²) < 4.78 is 18.9. The van der Waals surface area contributed by atoms with Gasteiger partial charge in [-0.05, 0) is 54.0 Å². The summed E-state index contributed by atoms with van der Waals surface area (Å²) in [5, 5.41) is 14.6. The van der Waals surface area contributed by atoms with Crippen molar-refractivity contribution in [1.82, 2.24) is 29.0 Å². The smallest absolute Gasteiger partial charge is 0.221 e. The summed E-state index contributed by atoms with van der Waals surface area (Å²) in [5.41, 5.74) is 3.66. The quantitative estimate of drug-likeness (QED) is 0.101. The van der Waals surface area contributed by atoms with Crippen LogP contribution in [0.1, 0.15) is 19.4 Å². The Labute approximate surface area is 266 Å². The zero-order chi connectivity index (χ0) is 30.2. The number of benzene rings is 3. The Hall–Kier alpha value is -3.83. The van der Waals surface area contributed by atoms with Crippen LogP contribution >= 0.6 is 47.0 Å². The molecule has 0 aliphatic heterocycles. The van der Waals surface area contributed by atoms with E-state index in [2.05, 4.69) is 28.8 Å². The zero-order valence-electron chi connectivity index (χ0n) is 23.0. The van der Waals surface area contributed by atoms with E-state index in [0.29, 0.717) is 33.7 Å². The second-order valence-corrected chi connectivity index (χ2v) is 11.8. The number of imidazole rings is 1. The molecule has 0 saturated heterocycles. The van der Waals surface area contributed by atoms with E-state index < -0.39 is 0 Å². The van der Waals surface area contributed by atoms with Gasteiger partial charge in [-0.1, -0.05) is 79.0 Å². The van der Waals surface area contributed by atoms with Crippen LogP contribution in [0.25, 0.3) is 33.3 Å². The van der Waals surface area contributed by atoms with Crippen molar-refractivity contribution in [2.75, 3.05) is 5.32 Å². The molecule has 0 fully saturated rings. The number of halogens is 4. The van der Waals surface area contributed by atoms with E-state index in [-0.39, 0.29) is 27.3 Å². The van der Waals surface area contributed by atoms with Crippen molar-refractivity contribution in [1.29, 1.82) is 0 Å². The average molecular weight is 654 g/mol. The first kappa shape index (κ1) is 29.3. The Morgan fingerprint density at radius 3 is 2.60 bits per heavy atom. The number of hydrogen-bond acceptors (Lipinski definition) is 6. The molecule has 3 heterocycles. The number of pyridine rings is 1. The molecule has 0 saturated carbocycles. The minimum atomic E-state index is -0.347. The van der Waals surface area contributed by atoms with Crippen molar-refractivity contribution in [3.8, 4) is 11.4 Å². The van der Waals surface area contributed by atoms with Gasteiger partial charge in [0.05, 0.1) is 28.1 Å². The molecule has 6 aromatic rings. The van der Waals surface area contributed by atoms with Crippen LogP contribution in [0, 0.1) is 16.5 Å². The summed E-state index contributed by atoms with van der Waals surface area (Å²) >= 11 is 25.1. The van der Waals surface area contributed by atoms with E-state index in [0.717, 1.165) is 28.5 Å². The predicted molar refractivity (Wildman–Crippen MR) is 174 cm³/mol. The molecular weight excluding hydrogens is 630 g/mol. The van der Waals surface area contributed by atoms with E-state index in [1.807, 2.05) is 30.6 Å². The van der Waals surface area contributed by atoms with Crippen LogP contribution in [-0.2, 0) is 13.2 Å². The van der Waals surface area contributed by atoms with Gasteiger partial charge in [-0.15, -0.1) is 5.10 Å². The SMILES string of the molecule is CC(C)Cn1cnc2c3ccccc3nc(NCn3nc(-c4cc(Cl)cc(Cl)c4Cl)n(/N=C/c4ccc(F)cc4)c3=S)c21. The number of aromatic nitrogens is 6. The van der Waals surface area contributed by atoms with Crippen LogP contribution in [0.4, 0.5) is 10.2 Å². The van der Waals surface area contributed by atoms with Gasteiger partial charge in [-0.2, -0.15) is 9.78 Å². The number of rotatable bonds is 8. The molecule has 3 aromatic heterocycles. The molecule has 0 amide bonds. The Morgan fingerprint density at radius 1 is 1.07 bits per heavy atom. The molecule has 218 valence electrons. The highest BCUT2D eigenvalue weighted by molar-refractivity contribution is 7.71. The minimum absolute atomic E-state index is 0.157. The van der Waals surface area contributed by atoms with Crippen LogP contribution in [-0.4, -0.2) is 35.2 Å². The maximum absolute atomic E-state index is 13.5. The van der Waals surface area contributed by atoms with E-state index >= 15 is 0 Å². The molecule has 0 spiro atoms. The summed E-state index contributed by atoms with van der Waals surface area (Å²) in [6.07, 6.45) is 3.40. The molecular formula is C30H24Cl3FN8S. The van der Waals surface area contributed by atoms with E-state index in [9.17, 15) is 4.39 Å². The molecule has 8 nitrogen and oxygen atoms in total. The molecule has 1 N–H and O–H groups in total. The van der Waals surface area contributed by atoms with Gasteiger partial charge in [0.1, 0.15) is 23.5 Å². The summed E-state index contributed by atoms with van der Waals surface area (Å²) in [6.45, 7) is 5.24. The first-order valence-corrected chi connectivity index (χ1v) is 14.9. The molecule has 13 heteroatoms. The van der Waals surface area contributed by atoms with Gasteiger partial charge in [0, 0.05) is 22.5 Å². The van der Waals surface area contributed by atoms with Crippen LogP contribution < -0.4 is 5.32 Å². The summed E-state index contributed by atoms with van der Waals surface area (Å²) in [7, 11) is 0.